The number of aliphatic hydroxyl groups is 1. The Bertz CT molecular complexity index is 1150. The lowest BCUT2D eigenvalue weighted by Crippen LogP contribution is -2.38. The van der Waals surface area contributed by atoms with E-state index in [-0.39, 0.29) is 17.4 Å². The van der Waals surface area contributed by atoms with Gasteiger partial charge in [-0.1, -0.05) is 32.9 Å². The third kappa shape index (κ3) is 5.12. The van der Waals surface area contributed by atoms with E-state index in [0.717, 1.165) is 42.8 Å². The number of likely N-dealkylation sites (N-methyl/N-ethyl adjacent to an activating group) is 1. The van der Waals surface area contributed by atoms with E-state index in [0.29, 0.717) is 31.0 Å². The summed E-state index contributed by atoms with van der Waals surface area (Å²) in [5.74, 6) is 0.0445. The number of likely N-dealkylation sites (tertiary alicyclic amines) is 1. The number of hydrogen-bond acceptors (Lipinski definition) is 6. The summed E-state index contributed by atoms with van der Waals surface area (Å²) < 4.78 is 11.6. The third-order valence-electron chi connectivity index (χ3n) is 6.91. The van der Waals surface area contributed by atoms with Gasteiger partial charge in [-0.25, -0.2) is 0 Å². The van der Waals surface area contributed by atoms with Crippen LogP contribution in [0.5, 0.6) is 11.5 Å². The number of nitrogens with zero attached hydrogens (tertiary/aromatic N) is 2. The molecule has 0 saturated carbocycles. The van der Waals surface area contributed by atoms with Crippen LogP contribution in [0.25, 0.3) is 5.76 Å². The quantitative estimate of drug-likeness (QED) is 0.298. The molecule has 1 amide bonds. The summed E-state index contributed by atoms with van der Waals surface area (Å²) in [5, 5.41) is 11.4. The standard InChI is InChI=1S/C29H36N2O5/c1-5-15-35-23-10-8-9-20(18-23)26-25(28(33)29(34)31(26)14-13-30(6-2)7-3)27(32)21-11-12-24-22(17-21)16-19(4)36-24/h8-12,17-19,26,32H,5-7,13-16H2,1-4H3/b27-25+/t19-,26+/m0/s1. The Morgan fingerprint density at radius 3 is 2.64 bits per heavy atom. The number of aliphatic hydroxyl groups excluding tert-OH is 1. The van der Waals surface area contributed by atoms with Crippen LogP contribution in [0.4, 0.5) is 0 Å². The fourth-order valence-electron chi connectivity index (χ4n) is 4.97. The van der Waals surface area contributed by atoms with Crippen molar-refractivity contribution in [1.29, 1.82) is 0 Å². The molecule has 0 bridgehead atoms. The van der Waals surface area contributed by atoms with E-state index in [1.807, 2.05) is 50.2 Å². The first-order valence-electron chi connectivity index (χ1n) is 12.9. The highest BCUT2D eigenvalue weighted by molar-refractivity contribution is 6.46. The van der Waals surface area contributed by atoms with E-state index in [1.165, 1.54) is 0 Å². The second-order valence-corrected chi connectivity index (χ2v) is 9.40. The second-order valence-electron chi connectivity index (χ2n) is 9.40. The Hall–Kier alpha value is -3.32. The Labute approximate surface area is 213 Å². The summed E-state index contributed by atoms with van der Waals surface area (Å²) in [6, 6.07) is 12.2. The van der Waals surface area contributed by atoms with E-state index in [4.69, 9.17) is 9.47 Å². The molecule has 7 heteroatoms. The monoisotopic (exact) mass is 492 g/mol. The zero-order valence-corrected chi connectivity index (χ0v) is 21.6. The Balaban J connectivity index is 1.78. The molecule has 2 aromatic carbocycles. The maximum Gasteiger partial charge on any atom is 0.295 e. The molecule has 2 aliphatic heterocycles. The molecular formula is C29H36N2O5. The van der Waals surface area contributed by atoms with Crippen molar-refractivity contribution >= 4 is 17.4 Å². The van der Waals surface area contributed by atoms with E-state index in [1.54, 1.807) is 11.0 Å². The first-order valence-corrected chi connectivity index (χ1v) is 12.9. The normalized spacial score (nSPS) is 20.6. The fourth-order valence-corrected chi connectivity index (χ4v) is 4.97. The van der Waals surface area contributed by atoms with Crippen molar-refractivity contribution in [3.8, 4) is 11.5 Å². The van der Waals surface area contributed by atoms with Gasteiger partial charge in [0.25, 0.3) is 11.7 Å². The largest absolute Gasteiger partial charge is 0.507 e. The van der Waals surface area contributed by atoms with Gasteiger partial charge in [-0.3, -0.25) is 9.59 Å². The molecule has 0 radical (unpaired) electrons. The number of benzene rings is 2. The number of hydrogen-bond donors (Lipinski definition) is 1. The zero-order chi connectivity index (χ0) is 25.8. The molecule has 0 aliphatic carbocycles. The van der Waals surface area contributed by atoms with Crippen LogP contribution >= 0.6 is 0 Å². The Morgan fingerprint density at radius 2 is 1.92 bits per heavy atom. The highest BCUT2D eigenvalue weighted by Gasteiger charge is 2.46. The maximum atomic E-state index is 13.4. The molecule has 1 fully saturated rings. The predicted molar refractivity (Wildman–Crippen MR) is 139 cm³/mol. The molecule has 2 heterocycles. The molecule has 2 aromatic rings. The van der Waals surface area contributed by atoms with Crippen molar-refractivity contribution in [2.45, 2.75) is 52.7 Å². The molecule has 7 nitrogen and oxygen atoms in total. The fraction of sp³-hybridized carbons (Fsp3) is 0.448. The number of fused-ring (bicyclic) bond motifs is 1. The molecule has 4 rings (SSSR count). The van der Waals surface area contributed by atoms with Crippen LogP contribution in [0, 0.1) is 0 Å². The minimum absolute atomic E-state index is 0.0638. The molecule has 0 spiro atoms. The molecule has 1 N–H and O–H groups in total. The van der Waals surface area contributed by atoms with Gasteiger partial charge in [-0.15, -0.1) is 0 Å². The SMILES string of the molecule is CCCOc1cccc([C@@H]2/C(=C(\O)c3ccc4c(c3)C[C@H](C)O4)C(=O)C(=O)N2CCN(CC)CC)c1. The van der Waals surface area contributed by atoms with Crippen molar-refractivity contribution < 1.29 is 24.2 Å². The number of ketones is 1. The maximum absolute atomic E-state index is 13.4. The predicted octanol–water partition coefficient (Wildman–Crippen LogP) is 4.56. The second kappa shape index (κ2) is 11.2. The molecule has 2 aliphatic rings. The van der Waals surface area contributed by atoms with Gasteiger partial charge < -0.3 is 24.4 Å². The van der Waals surface area contributed by atoms with Crippen molar-refractivity contribution in [2.24, 2.45) is 0 Å². The zero-order valence-electron chi connectivity index (χ0n) is 21.6. The summed E-state index contributed by atoms with van der Waals surface area (Å²) in [5.41, 5.74) is 2.34. The van der Waals surface area contributed by atoms with Gasteiger partial charge in [-0.05, 0) is 67.9 Å². The Morgan fingerprint density at radius 1 is 1.14 bits per heavy atom. The molecule has 2 atom stereocenters. The van der Waals surface area contributed by atoms with Crippen LogP contribution in [0.1, 0.15) is 56.8 Å². The summed E-state index contributed by atoms with van der Waals surface area (Å²) in [7, 11) is 0. The van der Waals surface area contributed by atoms with Crippen LogP contribution in [-0.2, 0) is 16.0 Å². The minimum atomic E-state index is -0.700. The minimum Gasteiger partial charge on any atom is -0.507 e. The average molecular weight is 493 g/mol. The van der Waals surface area contributed by atoms with Crippen molar-refractivity contribution in [3.05, 3.63) is 64.7 Å². The molecule has 36 heavy (non-hydrogen) atoms. The summed E-state index contributed by atoms with van der Waals surface area (Å²) in [4.78, 5) is 30.4. The molecule has 1 saturated heterocycles. The summed E-state index contributed by atoms with van der Waals surface area (Å²) in [6.45, 7) is 11.5. The van der Waals surface area contributed by atoms with Crippen molar-refractivity contribution in [1.82, 2.24) is 9.80 Å². The highest BCUT2D eigenvalue weighted by atomic mass is 16.5. The van der Waals surface area contributed by atoms with E-state index >= 15 is 0 Å². The number of ether oxygens (including phenoxy) is 2. The number of Topliss-reactive ketones (excluding diaryl/α,β-unsaturated/α-hetero) is 1. The van der Waals surface area contributed by atoms with Gasteiger partial charge >= 0.3 is 0 Å². The van der Waals surface area contributed by atoms with Crippen molar-refractivity contribution in [3.63, 3.8) is 0 Å². The number of rotatable bonds is 10. The van der Waals surface area contributed by atoms with Crippen LogP contribution < -0.4 is 9.47 Å². The average Bonchev–Trinajstić information content (AvgIpc) is 3.38. The molecule has 0 aromatic heterocycles. The molecule has 0 unspecified atom stereocenters. The van der Waals surface area contributed by atoms with E-state index < -0.39 is 17.7 Å². The first kappa shape index (κ1) is 25.8. The lowest BCUT2D eigenvalue weighted by molar-refractivity contribution is -0.140. The molecular weight excluding hydrogens is 456 g/mol. The summed E-state index contributed by atoms with van der Waals surface area (Å²) in [6.07, 6.45) is 1.66. The van der Waals surface area contributed by atoms with Gasteiger partial charge in [0.05, 0.1) is 18.2 Å². The van der Waals surface area contributed by atoms with Gasteiger partial charge in [0.15, 0.2) is 0 Å². The topological polar surface area (TPSA) is 79.3 Å². The van der Waals surface area contributed by atoms with Gasteiger partial charge in [-0.2, -0.15) is 0 Å². The third-order valence-corrected chi connectivity index (χ3v) is 6.91. The first-order chi connectivity index (χ1) is 17.4. The number of carbonyl (C=O) groups is 2. The smallest absolute Gasteiger partial charge is 0.295 e. The van der Waals surface area contributed by atoms with Crippen LogP contribution in [-0.4, -0.2) is 65.5 Å². The van der Waals surface area contributed by atoms with Gasteiger partial charge in [0, 0.05) is 25.1 Å². The number of carbonyl (C=O) groups excluding carboxylic acids is 2. The highest BCUT2D eigenvalue weighted by Crippen LogP contribution is 2.41. The molecule has 192 valence electrons. The van der Waals surface area contributed by atoms with Crippen molar-refractivity contribution in [2.75, 3.05) is 32.8 Å². The Kier molecular flexibility index (Phi) is 7.99. The van der Waals surface area contributed by atoms with Crippen LogP contribution in [0.3, 0.4) is 0 Å². The van der Waals surface area contributed by atoms with E-state index in [2.05, 4.69) is 18.7 Å². The van der Waals surface area contributed by atoms with Gasteiger partial charge in [0.2, 0.25) is 0 Å². The van der Waals surface area contributed by atoms with Gasteiger partial charge in [0.1, 0.15) is 23.4 Å². The number of amides is 1. The lowest BCUT2D eigenvalue weighted by Gasteiger charge is -2.28. The lowest BCUT2D eigenvalue weighted by atomic mass is 9.94. The van der Waals surface area contributed by atoms with E-state index in [9.17, 15) is 14.7 Å². The van der Waals surface area contributed by atoms with Crippen LogP contribution in [0.2, 0.25) is 0 Å². The van der Waals surface area contributed by atoms with Crippen LogP contribution in [0.15, 0.2) is 48.0 Å². The summed E-state index contributed by atoms with van der Waals surface area (Å²) >= 11 is 0.